The van der Waals surface area contributed by atoms with Crippen LogP contribution in [0.3, 0.4) is 0 Å². The molecule has 0 aromatic carbocycles. The Kier molecular flexibility index (Phi) is 4.53. The van der Waals surface area contributed by atoms with Gasteiger partial charge in [0.25, 0.3) is 0 Å². The number of aliphatic hydroxyl groups is 1. The fourth-order valence-electron chi connectivity index (χ4n) is 1.95. The number of imide groups is 1. The molecular weight excluding hydrogens is 250 g/mol. The van der Waals surface area contributed by atoms with Crippen LogP contribution in [-0.2, 0) is 11.3 Å². The third-order valence-corrected chi connectivity index (χ3v) is 2.87. The Balaban J connectivity index is 1.65. The van der Waals surface area contributed by atoms with Gasteiger partial charge in [0.05, 0.1) is 25.5 Å². The average molecular weight is 267 g/mol. The molecule has 3 amide bonds. The second-order valence-corrected chi connectivity index (χ2v) is 4.49. The Morgan fingerprint density at radius 3 is 3.00 bits per heavy atom. The number of urea groups is 1. The maximum absolute atomic E-state index is 11.6. The Labute approximate surface area is 110 Å². The molecule has 19 heavy (non-hydrogen) atoms. The molecule has 1 aromatic heterocycles. The molecule has 0 spiro atoms. The van der Waals surface area contributed by atoms with Crippen molar-refractivity contribution in [1.82, 2.24) is 15.5 Å². The average Bonchev–Trinajstić information content (AvgIpc) is 2.98. The Morgan fingerprint density at radius 2 is 2.37 bits per heavy atom. The number of rotatable bonds is 4. The zero-order valence-corrected chi connectivity index (χ0v) is 10.5. The third kappa shape index (κ3) is 4.38. The molecule has 1 fully saturated rings. The van der Waals surface area contributed by atoms with Crippen LogP contribution in [0.15, 0.2) is 22.8 Å². The second kappa shape index (κ2) is 6.35. The molecule has 1 aromatic rings. The normalized spacial score (nSPS) is 19.3. The first-order valence-corrected chi connectivity index (χ1v) is 6.14. The van der Waals surface area contributed by atoms with E-state index in [-0.39, 0.29) is 25.1 Å². The van der Waals surface area contributed by atoms with E-state index < -0.39 is 6.03 Å². The summed E-state index contributed by atoms with van der Waals surface area (Å²) in [5, 5.41) is 14.1. The van der Waals surface area contributed by atoms with Crippen molar-refractivity contribution < 1.29 is 19.1 Å². The van der Waals surface area contributed by atoms with Crippen LogP contribution >= 0.6 is 0 Å². The summed E-state index contributed by atoms with van der Waals surface area (Å²) in [6, 6.07) is 2.90. The van der Waals surface area contributed by atoms with Gasteiger partial charge in [0, 0.05) is 13.1 Å². The number of amides is 3. The van der Waals surface area contributed by atoms with Crippen molar-refractivity contribution in [2.75, 3.05) is 19.6 Å². The van der Waals surface area contributed by atoms with E-state index >= 15 is 0 Å². The van der Waals surface area contributed by atoms with E-state index in [9.17, 15) is 14.7 Å². The molecule has 1 saturated heterocycles. The van der Waals surface area contributed by atoms with Gasteiger partial charge < -0.3 is 14.8 Å². The summed E-state index contributed by atoms with van der Waals surface area (Å²) in [6.07, 6.45) is 1.80. The van der Waals surface area contributed by atoms with Crippen LogP contribution in [0.1, 0.15) is 12.2 Å². The van der Waals surface area contributed by atoms with Gasteiger partial charge in [-0.05, 0) is 18.6 Å². The number of carbonyl (C=O) groups is 2. The van der Waals surface area contributed by atoms with Gasteiger partial charge >= 0.3 is 6.03 Å². The highest BCUT2D eigenvalue weighted by Gasteiger charge is 2.22. The van der Waals surface area contributed by atoms with E-state index in [1.165, 1.54) is 6.26 Å². The highest BCUT2D eigenvalue weighted by Crippen LogP contribution is 2.07. The largest absolute Gasteiger partial charge is 0.467 e. The molecule has 7 heteroatoms. The summed E-state index contributed by atoms with van der Waals surface area (Å²) in [6.45, 7) is 1.49. The van der Waals surface area contributed by atoms with Crippen LogP contribution in [0.4, 0.5) is 4.79 Å². The van der Waals surface area contributed by atoms with Crippen molar-refractivity contribution in [1.29, 1.82) is 0 Å². The van der Waals surface area contributed by atoms with Crippen LogP contribution in [0.5, 0.6) is 0 Å². The highest BCUT2D eigenvalue weighted by atomic mass is 16.3. The summed E-state index contributed by atoms with van der Waals surface area (Å²) in [5.41, 5.74) is 0. The predicted molar refractivity (Wildman–Crippen MR) is 66.2 cm³/mol. The molecule has 0 unspecified atom stereocenters. The number of aliphatic hydroxyl groups excluding tert-OH is 1. The van der Waals surface area contributed by atoms with Gasteiger partial charge in [0.1, 0.15) is 5.76 Å². The van der Waals surface area contributed by atoms with Crippen molar-refractivity contribution in [2.45, 2.75) is 19.1 Å². The first-order chi connectivity index (χ1) is 9.13. The van der Waals surface area contributed by atoms with Crippen molar-refractivity contribution in [3.8, 4) is 0 Å². The molecule has 1 atom stereocenters. The number of nitrogens with zero attached hydrogens (tertiary/aromatic N) is 1. The SMILES string of the molecule is O=C(CN1CC[C@@H](O)C1)NC(=O)NCc1ccco1. The Bertz CT molecular complexity index is 432. The van der Waals surface area contributed by atoms with Gasteiger partial charge in [-0.3, -0.25) is 15.0 Å². The van der Waals surface area contributed by atoms with Gasteiger partial charge in [-0.25, -0.2) is 4.79 Å². The lowest BCUT2D eigenvalue weighted by Gasteiger charge is -2.13. The fraction of sp³-hybridized carbons (Fsp3) is 0.500. The Hall–Kier alpha value is -1.86. The second-order valence-electron chi connectivity index (χ2n) is 4.49. The number of hydrogen-bond acceptors (Lipinski definition) is 5. The minimum atomic E-state index is -0.554. The topological polar surface area (TPSA) is 94.8 Å². The van der Waals surface area contributed by atoms with Crippen molar-refractivity contribution in [3.63, 3.8) is 0 Å². The predicted octanol–water partition coefficient (Wildman–Crippen LogP) is -0.328. The van der Waals surface area contributed by atoms with Crippen molar-refractivity contribution in [2.24, 2.45) is 0 Å². The molecule has 104 valence electrons. The third-order valence-electron chi connectivity index (χ3n) is 2.87. The first kappa shape index (κ1) is 13.6. The van der Waals surface area contributed by atoms with Gasteiger partial charge in [-0.15, -0.1) is 0 Å². The first-order valence-electron chi connectivity index (χ1n) is 6.14. The smallest absolute Gasteiger partial charge is 0.321 e. The lowest BCUT2D eigenvalue weighted by Crippen LogP contribution is -2.44. The summed E-state index contributed by atoms with van der Waals surface area (Å²) in [4.78, 5) is 24.8. The zero-order chi connectivity index (χ0) is 13.7. The van der Waals surface area contributed by atoms with E-state index in [1.807, 2.05) is 0 Å². The standard InChI is InChI=1S/C12H17N3O4/c16-9-3-4-15(7-9)8-11(17)14-12(18)13-6-10-2-1-5-19-10/h1-2,5,9,16H,3-4,6-8H2,(H2,13,14,17,18)/t9-/m1/s1. The van der Waals surface area contributed by atoms with Crippen LogP contribution in [0.25, 0.3) is 0 Å². The van der Waals surface area contributed by atoms with Crippen LogP contribution in [0, 0.1) is 0 Å². The minimum absolute atomic E-state index is 0.116. The van der Waals surface area contributed by atoms with Crippen molar-refractivity contribution in [3.05, 3.63) is 24.2 Å². The summed E-state index contributed by atoms with van der Waals surface area (Å²) in [7, 11) is 0. The molecule has 2 rings (SSSR count). The molecule has 1 aliphatic rings. The monoisotopic (exact) mass is 267 g/mol. The van der Waals surface area contributed by atoms with E-state index in [1.54, 1.807) is 17.0 Å². The van der Waals surface area contributed by atoms with E-state index in [2.05, 4.69) is 10.6 Å². The molecular formula is C12H17N3O4. The number of β-amino-alcohol motifs (C(OH)–C–C–N with tert-alkyl or cyclic N) is 1. The lowest BCUT2D eigenvalue weighted by molar-refractivity contribution is -0.121. The number of hydrogen-bond donors (Lipinski definition) is 3. The van der Waals surface area contributed by atoms with E-state index in [4.69, 9.17) is 4.42 Å². The number of furan rings is 1. The van der Waals surface area contributed by atoms with Crippen LogP contribution < -0.4 is 10.6 Å². The highest BCUT2D eigenvalue weighted by molar-refractivity contribution is 5.95. The van der Waals surface area contributed by atoms with Gasteiger partial charge in [-0.1, -0.05) is 0 Å². The molecule has 2 heterocycles. The molecule has 3 N–H and O–H groups in total. The van der Waals surface area contributed by atoms with Crippen LogP contribution in [-0.4, -0.2) is 47.7 Å². The van der Waals surface area contributed by atoms with Gasteiger partial charge in [-0.2, -0.15) is 0 Å². The molecule has 1 aliphatic heterocycles. The van der Waals surface area contributed by atoms with E-state index in [0.29, 0.717) is 25.3 Å². The maximum Gasteiger partial charge on any atom is 0.321 e. The summed E-state index contributed by atoms with van der Waals surface area (Å²) in [5.74, 6) is 0.233. The minimum Gasteiger partial charge on any atom is -0.467 e. The quantitative estimate of drug-likeness (QED) is 0.694. The molecule has 0 aliphatic carbocycles. The molecule has 7 nitrogen and oxygen atoms in total. The molecule has 0 radical (unpaired) electrons. The maximum atomic E-state index is 11.6. The fourth-order valence-corrected chi connectivity index (χ4v) is 1.95. The number of likely N-dealkylation sites (tertiary alicyclic amines) is 1. The number of nitrogens with one attached hydrogen (secondary N) is 2. The molecule has 0 saturated carbocycles. The summed E-state index contributed by atoms with van der Waals surface area (Å²) < 4.78 is 5.04. The van der Waals surface area contributed by atoms with Gasteiger partial charge in [0.15, 0.2) is 0 Å². The zero-order valence-electron chi connectivity index (χ0n) is 10.5. The van der Waals surface area contributed by atoms with Crippen LogP contribution in [0.2, 0.25) is 0 Å². The summed E-state index contributed by atoms with van der Waals surface area (Å²) >= 11 is 0. The van der Waals surface area contributed by atoms with E-state index in [0.717, 1.165) is 0 Å². The van der Waals surface area contributed by atoms with Crippen molar-refractivity contribution >= 4 is 11.9 Å². The Morgan fingerprint density at radius 1 is 1.53 bits per heavy atom. The lowest BCUT2D eigenvalue weighted by atomic mass is 10.3. The molecule has 0 bridgehead atoms. The van der Waals surface area contributed by atoms with Gasteiger partial charge in [0.2, 0.25) is 5.91 Å². The number of carbonyl (C=O) groups excluding carboxylic acids is 2.